The lowest BCUT2D eigenvalue weighted by atomic mass is 9.93. The molecule has 0 saturated carbocycles. The van der Waals surface area contributed by atoms with Gasteiger partial charge in [-0.15, -0.1) is 0 Å². The summed E-state index contributed by atoms with van der Waals surface area (Å²) in [6.45, 7) is 0. The van der Waals surface area contributed by atoms with Crippen LogP contribution in [0.15, 0.2) is 60.7 Å². The van der Waals surface area contributed by atoms with Crippen LogP contribution in [0.3, 0.4) is 0 Å². The first-order chi connectivity index (χ1) is 9.70. The van der Waals surface area contributed by atoms with Crippen LogP contribution < -0.4 is 12.4 Å². The Morgan fingerprint density at radius 1 is 0.905 bits per heavy atom. The number of halogens is 2. The number of hydrogen-bond acceptors (Lipinski definition) is 1. The van der Waals surface area contributed by atoms with Crippen molar-refractivity contribution < 1.29 is 17.0 Å². The largest absolute Gasteiger partial charge is 1.00 e. The molecule has 0 N–H and O–H groups in total. The highest BCUT2D eigenvalue weighted by molar-refractivity contribution is 6.63. The summed E-state index contributed by atoms with van der Waals surface area (Å²) in [6.07, 6.45) is 0. The van der Waals surface area contributed by atoms with Crippen molar-refractivity contribution in [2.45, 2.75) is 12.1 Å². The highest BCUT2D eigenvalue weighted by Gasteiger charge is 2.45. The fraction of sp³-hybridized carbons (Fsp3) is 0.235. The fourth-order valence-electron chi connectivity index (χ4n) is 3.01. The molecule has 0 saturated heterocycles. The van der Waals surface area contributed by atoms with E-state index in [0.29, 0.717) is 0 Å². The van der Waals surface area contributed by atoms with Crippen LogP contribution in [0, 0.1) is 0 Å². The average molecular weight is 321 g/mol. The van der Waals surface area contributed by atoms with E-state index >= 15 is 0 Å². The lowest BCUT2D eigenvalue weighted by Crippen LogP contribution is -3.00. The lowest BCUT2D eigenvalue weighted by Gasteiger charge is -2.21. The molecule has 0 fully saturated rings. The summed E-state index contributed by atoms with van der Waals surface area (Å²) in [4.78, 5) is 2.15. The third-order valence-corrected chi connectivity index (χ3v) is 4.53. The van der Waals surface area contributed by atoms with E-state index in [1.807, 2.05) is 12.1 Å². The van der Waals surface area contributed by atoms with Crippen LogP contribution in [0.1, 0.15) is 23.2 Å². The zero-order valence-corrected chi connectivity index (χ0v) is 13.6. The minimum absolute atomic E-state index is 0. The molecule has 0 aliphatic carbocycles. The van der Waals surface area contributed by atoms with E-state index in [-0.39, 0.29) is 24.5 Å². The van der Waals surface area contributed by atoms with Crippen LogP contribution in [0.4, 0.5) is 0 Å². The van der Waals surface area contributed by atoms with Gasteiger partial charge in [0, 0.05) is 22.7 Å². The zero-order chi connectivity index (χ0) is 14.1. The Morgan fingerprint density at radius 3 is 1.90 bits per heavy atom. The first-order valence-electron chi connectivity index (χ1n) is 6.78. The number of likely N-dealkylation sites (N-methyl/N-ethyl adjacent to an activating group) is 2. The average Bonchev–Trinajstić information content (AvgIpc) is 2.73. The smallest absolute Gasteiger partial charge is 0.345 e. The van der Waals surface area contributed by atoms with Gasteiger partial charge in [0.25, 0.3) is 0 Å². The summed E-state index contributed by atoms with van der Waals surface area (Å²) in [5, 5.41) is 0.785. The number of amidine groups is 1. The quantitative estimate of drug-likeness (QED) is 0.582. The van der Waals surface area contributed by atoms with Crippen LogP contribution in [0.2, 0.25) is 0 Å². The molecule has 4 heteroatoms. The molecule has 1 aliphatic heterocycles. The van der Waals surface area contributed by atoms with Gasteiger partial charge in [-0.25, -0.2) is 9.48 Å². The highest BCUT2D eigenvalue weighted by atomic mass is 35.5. The summed E-state index contributed by atoms with van der Waals surface area (Å²) >= 11 is 6.47. The van der Waals surface area contributed by atoms with Crippen LogP contribution in [-0.2, 0) is 0 Å². The Hall–Kier alpha value is -1.51. The monoisotopic (exact) mass is 320 g/mol. The predicted octanol–water partition coefficient (Wildman–Crippen LogP) is 0.655. The van der Waals surface area contributed by atoms with Crippen molar-refractivity contribution in [3.63, 3.8) is 0 Å². The first-order valence-corrected chi connectivity index (χ1v) is 7.16. The number of nitrogens with zero attached hydrogens (tertiary/aromatic N) is 2. The molecule has 21 heavy (non-hydrogen) atoms. The molecule has 2 atom stereocenters. The molecule has 0 aromatic heterocycles. The highest BCUT2D eigenvalue weighted by Crippen LogP contribution is 2.40. The van der Waals surface area contributed by atoms with E-state index in [4.69, 9.17) is 11.6 Å². The Labute approximate surface area is 137 Å². The maximum Gasteiger partial charge on any atom is 0.345 e. The SMILES string of the molecule is CN1C(Cl)=[N+](C)[C@@H](c2ccccc2)[C@@H]1c1ccccc1.[Cl-]. The number of benzene rings is 2. The Kier molecular flexibility index (Phi) is 4.92. The molecule has 2 aromatic carbocycles. The van der Waals surface area contributed by atoms with Crippen molar-refractivity contribution in [2.24, 2.45) is 0 Å². The van der Waals surface area contributed by atoms with Crippen molar-refractivity contribution in [1.82, 2.24) is 4.90 Å². The van der Waals surface area contributed by atoms with Gasteiger partial charge in [0.2, 0.25) is 0 Å². The van der Waals surface area contributed by atoms with Gasteiger partial charge in [0.05, 0.1) is 14.1 Å². The van der Waals surface area contributed by atoms with Crippen molar-refractivity contribution >= 4 is 16.9 Å². The summed E-state index contributed by atoms with van der Waals surface area (Å²) < 4.78 is 2.15. The molecule has 0 unspecified atom stereocenters. The van der Waals surface area contributed by atoms with E-state index in [0.717, 1.165) is 5.29 Å². The van der Waals surface area contributed by atoms with Gasteiger partial charge in [-0.3, -0.25) is 0 Å². The fourth-order valence-corrected chi connectivity index (χ4v) is 3.22. The number of hydrogen-bond donors (Lipinski definition) is 0. The van der Waals surface area contributed by atoms with Crippen molar-refractivity contribution in [1.29, 1.82) is 0 Å². The lowest BCUT2D eigenvalue weighted by molar-refractivity contribution is -0.536. The van der Waals surface area contributed by atoms with Gasteiger partial charge in [-0.2, -0.15) is 0 Å². The van der Waals surface area contributed by atoms with Gasteiger partial charge in [-0.05, 0) is 0 Å². The summed E-state index contributed by atoms with van der Waals surface area (Å²) in [5.41, 5.74) is 2.57. The van der Waals surface area contributed by atoms with Gasteiger partial charge in [0.15, 0.2) is 12.1 Å². The van der Waals surface area contributed by atoms with Crippen LogP contribution in [0.25, 0.3) is 0 Å². The molecule has 0 radical (unpaired) electrons. The van der Waals surface area contributed by atoms with E-state index in [9.17, 15) is 0 Å². The molecule has 1 heterocycles. The van der Waals surface area contributed by atoms with E-state index in [1.54, 1.807) is 0 Å². The Bertz CT molecular complexity index is 626. The molecular formula is C17H18Cl2N2. The summed E-state index contributed by atoms with van der Waals surface area (Å²) in [5.74, 6) is 0. The van der Waals surface area contributed by atoms with Gasteiger partial charge in [0.1, 0.15) is 0 Å². The molecule has 110 valence electrons. The molecular weight excluding hydrogens is 303 g/mol. The van der Waals surface area contributed by atoms with Crippen LogP contribution in [-0.4, -0.2) is 28.9 Å². The molecule has 3 rings (SSSR count). The molecule has 0 bridgehead atoms. The minimum atomic E-state index is 0. The standard InChI is InChI=1S/C17H18ClN2.ClH/c1-19-15(13-9-5-3-6-10-13)16(20(2)17(19)18)14-11-7-4-8-12-14;/h3-12,15-16H,1-2H3;1H/q+1;/p-1/t15-,16-;/m0./s1. The van der Waals surface area contributed by atoms with E-state index in [1.165, 1.54) is 11.1 Å². The van der Waals surface area contributed by atoms with E-state index < -0.39 is 0 Å². The van der Waals surface area contributed by atoms with Crippen LogP contribution >= 0.6 is 11.6 Å². The van der Waals surface area contributed by atoms with Crippen molar-refractivity contribution in [3.05, 3.63) is 71.8 Å². The second kappa shape index (κ2) is 6.50. The maximum absolute atomic E-state index is 6.47. The second-order valence-corrected chi connectivity index (χ2v) is 5.54. The normalized spacial score (nSPS) is 21.4. The molecule has 2 aromatic rings. The molecule has 1 aliphatic rings. The summed E-state index contributed by atoms with van der Waals surface area (Å²) in [6, 6.07) is 21.5. The third-order valence-electron chi connectivity index (χ3n) is 4.00. The van der Waals surface area contributed by atoms with Gasteiger partial charge >= 0.3 is 5.29 Å². The summed E-state index contributed by atoms with van der Waals surface area (Å²) in [7, 11) is 4.11. The Morgan fingerprint density at radius 2 is 1.38 bits per heavy atom. The Balaban J connectivity index is 0.00000161. The van der Waals surface area contributed by atoms with Gasteiger partial charge < -0.3 is 12.4 Å². The first kappa shape index (κ1) is 15.9. The number of rotatable bonds is 2. The zero-order valence-electron chi connectivity index (χ0n) is 12.1. The van der Waals surface area contributed by atoms with Crippen LogP contribution in [0.5, 0.6) is 0 Å². The second-order valence-electron chi connectivity index (χ2n) is 5.20. The van der Waals surface area contributed by atoms with E-state index in [2.05, 4.69) is 72.1 Å². The molecule has 0 spiro atoms. The van der Waals surface area contributed by atoms with Gasteiger partial charge in [-0.1, -0.05) is 60.7 Å². The molecule has 2 nitrogen and oxygen atoms in total. The third kappa shape index (κ3) is 2.78. The topological polar surface area (TPSA) is 6.25 Å². The van der Waals surface area contributed by atoms with Crippen molar-refractivity contribution in [2.75, 3.05) is 14.1 Å². The molecule has 0 amide bonds. The maximum atomic E-state index is 6.47. The van der Waals surface area contributed by atoms with Crippen molar-refractivity contribution in [3.8, 4) is 0 Å². The minimum Gasteiger partial charge on any atom is -1.00 e. The predicted molar refractivity (Wildman–Crippen MR) is 83.2 cm³/mol.